The molecule has 0 saturated carbocycles. The van der Waals surface area contributed by atoms with E-state index < -0.39 is 17.4 Å². The van der Waals surface area contributed by atoms with Crippen molar-refractivity contribution < 1.29 is 32.5 Å². The number of unbranched alkanes of at least 4 members (excludes halogenated alkanes) is 1. The van der Waals surface area contributed by atoms with Crippen LogP contribution in [0.1, 0.15) is 37.3 Å². The molecule has 2 heterocycles. The minimum atomic E-state index is -4.67. The number of halogens is 3. The van der Waals surface area contributed by atoms with E-state index in [2.05, 4.69) is 0 Å². The number of benzene rings is 1. The summed E-state index contributed by atoms with van der Waals surface area (Å²) in [6.45, 7) is 2.52. The van der Waals surface area contributed by atoms with E-state index in [-0.39, 0.29) is 29.3 Å². The van der Waals surface area contributed by atoms with E-state index in [0.29, 0.717) is 49.6 Å². The monoisotopic (exact) mass is 425 g/mol. The van der Waals surface area contributed by atoms with Crippen LogP contribution in [0, 0.1) is 0 Å². The molecule has 0 saturated heterocycles. The summed E-state index contributed by atoms with van der Waals surface area (Å²) >= 11 is 0. The molecule has 6 nitrogen and oxygen atoms in total. The lowest BCUT2D eigenvalue weighted by atomic mass is 10.0. The average molecular weight is 425 g/mol. The molecule has 0 bridgehead atoms. The van der Waals surface area contributed by atoms with Gasteiger partial charge in [0.15, 0.2) is 11.8 Å². The molecule has 2 N–H and O–H groups in total. The Morgan fingerprint density at radius 1 is 1.10 bits per heavy atom. The van der Waals surface area contributed by atoms with E-state index in [0.717, 1.165) is 0 Å². The van der Waals surface area contributed by atoms with Crippen molar-refractivity contribution in [1.29, 1.82) is 0 Å². The van der Waals surface area contributed by atoms with Gasteiger partial charge in [0.2, 0.25) is 0 Å². The maximum absolute atomic E-state index is 13.3. The molecular formula is C21H22F3NO5. The molecule has 9 heteroatoms. The van der Waals surface area contributed by atoms with Gasteiger partial charge in [0.25, 0.3) is 0 Å². The maximum Gasteiger partial charge on any atom is 0.417 e. The molecule has 3 aromatic rings. The summed E-state index contributed by atoms with van der Waals surface area (Å²) in [5.41, 5.74) is -1.75. The molecule has 0 spiro atoms. The van der Waals surface area contributed by atoms with Crippen molar-refractivity contribution >= 4 is 11.0 Å². The van der Waals surface area contributed by atoms with Crippen molar-refractivity contribution in [3.63, 3.8) is 0 Å². The number of hydrogen-bond acceptors (Lipinski definition) is 5. The van der Waals surface area contributed by atoms with Gasteiger partial charge in [0.05, 0.1) is 12.2 Å². The van der Waals surface area contributed by atoms with Crippen molar-refractivity contribution in [2.75, 3.05) is 6.61 Å². The smallest absolute Gasteiger partial charge is 0.417 e. The number of aryl methyl sites for hydroxylation is 1. The van der Waals surface area contributed by atoms with Crippen molar-refractivity contribution in [3.05, 3.63) is 51.9 Å². The fourth-order valence-electron chi connectivity index (χ4n) is 3.35. The molecule has 2 aromatic heterocycles. The summed E-state index contributed by atoms with van der Waals surface area (Å²) in [7, 11) is 0. The summed E-state index contributed by atoms with van der Waals surface area (Å²) < 4.78 is 52.2. The summed E-state index contributed by atoms with van der Waals surface area (Å²) in [6.07, 6.45) is -2.48. The summed E-state index contributed by atoms with van der Waals surface area (Å²) in [4.78, 5) is 11.7. The molecule has 3 rings (SSSR count). The summed E-state index contributed by atoms with van der Waals surface area (Å²) in [6, 6.07) is 5.96. The zero-order valence-corrected chi connectivity index (χ0v) is 16.3. The highest BCUT2D eigenvalue weighted by atomic mass is 19.4. The number of hydrogen-bond donors (Lipinski definition) is 2. The maximum atomic E-state index is 13.3. The Bertz CT molecular complexity index is 1070. The standard InChI is InChI=1S/C21H22F3NO5/c1-2-5-14-16(29-11-4-3-10-25-17(26)8-9-18(25)27)7-6-13-15(21(22,23)24)12-19(28)30-20(13)14/h6-9,12,26-27H,2-5,10-11H2,1H3. The molecule has 0 aliphatic rings. The molecule has 0 aliphatic heterocycles. The van der Waals surface area contributed by atoms with Crippen LogP contribution in [-0.4, -0.2) is 21.4 Å². The van der Waals surface area contributed by atoms with Gasteiger partial charge in [0, 0.05) is 35.7 Å². The molecule has 0 atom stereocenters. The third kappa shape index (κ3) is 4.55. The van der Waals surface area contributed by atoms with Gasteiger partial charge in [-0.25, -0.2) is 4.79 Å². The highest BCUT2D eigenvalue weighted by Gasteiger charge is 2.34. The Balaban J connectivity index is 1.78. The van der Waals surface area contributed by atoms with Gasteiger partial charge in [-0.15, -0.1) is 0 Å². The Morgan fingerprint density at radius 2 is 1.80 bits per heavy atom. The summed E-state index contributed by atoms with van der Waals surface area (Å²) in [5.74, 6) is 0.297. The van der Waals surface area contributed by atoms with Crippen LogP contribution in [0.3, 0.4) is 0 Å². The Morgan fingerprint density at radius 3 is 2.43 bits per heavy atom. The number of nitrogens with zero attached hydrogens (tertiary/aromatic N) is 1. The molecule has 0 unspecified atom stereocenters. The van der Waals surface area contributed by atoms with E-state index in [1.165, 1.54) is 28.8 Å². The molecule has 1 aromatic carbocycles. The lowest BCUT2D eigenvalue weighted by Gasteiger charge is -2.15. The Hall–Kier alpha value is -3.10. The van der Waals surface area contributed by atoms with Gasteiger partial charge >= 0.3 is 11.8 Å². The molecule has 0 aliphatic carbocycles. The van der Waals surface area contributed by atoms with E-state index in [4.69, 9.17) is 9.15 Å². The van der Waals surface area contributed by atoms with Crippen LogP contribution in [0.5, 0.6) is 17.5 Å². The fourth-order valence-corrected chi connectivity index (χ4v) is 3.35. The van der Waals surface area contributed by atoms with Crippen molar-refractivity contribution in [2.24, 2.45) is 0 Å². The first-order chi connectivity index (χ1) is 14.2. The first-order valence-electron chi connectivity index (χ1n) is 9.59. The van der Waals surface area contributed by atoms with Crippen molar-refractivity contribution in [1.82, 2.24) is 4.57 Å². The lowest BCUT2D eigenvalue weighted by molar-refractivity contribution is -0.136. The van der Waals surface area contributed by atoms with Crippen LogP contribution in [0.2, 0.25) is 0 Å². The van der Waals surface area contributed by atoms with Crippen molar-refractivity contribution in [3.8, 4) is 17.5 Å². The minimum Gasteiger partial charge on any atom is -0.494 e. The third-order valence-corrected chi connectivity index (χ3v) is 4.75. The molecule has 0 amide bonds. The quantitative estimate of drug-likeness (QED) is 0.399. The second kappa shape index (κ2) is 8.73. The van der Waals surface area contributed by atoms with E-state index in [1.54, 1.807) is 0 Å². The predicted octanol–water partition coefficient (Wildman–Crippen LogP) is 4.84. The van der Waals surface area contributed by atoms with Crippen molar-refractivity contribution in [2.45, 2.75) is 45.3 Å². The summed E-state index contributed by atoms with van der Waals surface area (Å²) in [5, 5.41) is 19.1. The van der Waals surface area contributed by atoms with Gasteiger partial charge in [0.1, 0.15) is 11.3 Å². The number of ether oxygens (including phenoxy) is 1. The average Bonchev–Trinajstić information content (AvgIpc) is 3.00. The van der Waals surface area contributed by atoms with Crippen LogP contribution < -0.4 is 10.4 Å². The topological polar surface area (TPSA) is 84.8 Å². The van der Waals surface area contributed by atoms with Gasteiger partial charge in [-0.1, -0.05) is 13.3 Å². The van der Waals surface area contributed by atoms with Crippen LogP contribution in [0.25, 0.3) is 11.0 Å². The highest BCUT2D eigenvalue weighted by molar-refractivity contribution is 5.85. The lowest BCUT2D eigenvalue weighted by Crippen LogP contribution is -2.12. The SMILES string of the molecule is CCCc1c(OCCCCn2c(O)ccc2O)ccc2c(C(F)(F)F)cc(=O)oc12. The second-order valence-electron chi connectivity index (χ2n) is 6.90. The van der Waals surface area contributed by atoms with Crippen LogP contribution in [0.4, 0.5) is 13.2 Å². The fraction of sp³-hybridized carbons (Fsp3) is 0.381. The van der Waals surface area contributed by atoms with E-state index in [1.807, 2.05) is 6.92 Å². The van der Waals surface area contributed by atoms with Gasteiger partial charge in [-0.3, -0.25) is 4.57 Å². The first kappa shape index (κ1) is 21.6. The molecule has 30 heavy (non-hydrogen) atoms. The minimum absolute atomic E-state index is 0.0383. The van der Waals surface area contributed by atoms with Gasteiger partial charge in [-0.05, 0) is 31.4 Å². The molecule has 0 fully saturated rings. The largest absolute Gasteiger partial charge is 0.494 e. The highest BCUT2D eigenvalue weighted by Crippen LogP contribution is 2.37. The second-order valence-corrected chi connectivity index (χ2v) is 6.90. The van der Waals surface area contributed by atoms with Crippen LogP contribution in [0.15, 0.2) is 39.5 Å². The zero-order valence-electron chi connectivity index (χ0n) is 16.3. The number of alkyl halides is 3. The predicted molar refractivity (Wildman–Crippen MR) is 104 cm³/mol. The van der Waals surface area contributed by atoms with Crippen LogP contribution >= 0.6 is 0 Å². The zero-order chi connectivity index (χ0) is 21.9. The number of rotatable bonds is 8. The van der Waals surface area contributed by atoms with Gasteiger partial charge in [-0.2, -0.15) is 13.2 Å². The number of aromatic hydroxyl groups is 2. The first-order valence-corrected chi connectivity index (χ1v) is 9.59. The van der Waals surface area contributed by atoms with Gasteiger partial charge < -0.3 is 19.4 Å². The Labute approximate surface area is 170 Å². The number of aromatic nitrogens is 1. The molecule has 162 valence electrons. The number of fused-ring (bicyclic) bond motifs is 1. The van der Waals surface area contributed by atoms with E-state index >= 15 is 0 Å². The van der Waals surface area contributed by atoms with Crippen LogP contribution in [-0.2, 0) is 19.1 Å². The van der Waals surface area contributed by atoms with E-state index in [9.17, 15) is 28.2 Å². The molecular weight excluding hydrogens is 403 g/mol. The molecule has 0 radical (unpaired) electrons. The normalized spacial score (nSPS) is 11.9. The Kier molecular flexibility index (Phi) is 6.28. The third-order valence-electron chi connectivity index (χ3n) is 4.75.